The standard InChI is InChI=1S/C15H26O2/c16-13-10-12-4-3-5-14(12,11-13)8-9-15(17)6-1-2-7-15/h12-13,16-17H,1-11H2. The van der Waals surface area contributed by atoms with Crippen molar-refractivity contribution in [3.05, 3.63) is 0 Å². The van der Waals surface area contributed by atoms with E-state index in [0.717, 1.165) is 44.4 Å². The van der Waals surface area contributed by atoms with Crippen molar-refractivity contribution in [3.8, 4) is 0 Å². The zero-order chi connectivity index (χ0) is 11.9. The lowest BCUT2D eigenvalue weighted by molar-refractivity contribution is 0.0187. The first-order chi connectivity index (χ1) is 8.12. The van der Waals surface area contributed by atoms with Crippen LogP contribution in [-0.4, -0.2) is 21.9 Å². The smallest absolute Gasteiger partial charge is 0.0648 e. The predicted octanol–water partition coefficient (Wildman–Crippen LogP) is 3.01. The molecule has 0 radical (unpaired) electrons. The van der Waals surface area contributed by atoms with Crippen LogP contribution < -0.4 is 0 Å². The molecule has 3 unspecified atom stereocenters. The summed E-state index contributed by atoms with van der Waals surface area (Å²) in [5, 5.41) is 20.4. The van der Waals surface area contributed by atoms with Crippen LogP contribution in [0.1, 0.15) is 70.6 Å². The molecule has 0 aromatic heterocycles. The van der Waals surface area contributed by atoms with Gasteiger partial charge in [0.25, 0.3) is 0 Å². The number of rotatable bonds is 3. The van der Waals surface area contributed by atoms with Crippen molar-refractivity contribution < 1.29 is 10.2 Å². The third-order valence-electron chi connectivity index (χ3n) is 5.91. The molecule has 0 saturated heterocycles. The van der Waals surface area contributed by atoms with E-state index in [1.54, 1.807) is 0 Å². The van der Waals surface area contributed by atoms with Crippen molar-refractivity contribution in [2.75, 3.05) is 0 Å². The molecule has 2 heteroatoms. The highest BCUT2D eigenvalue weighted by atomic mass is 16.3. The van der Waals surface area contributed by atoms with Crippen LogP contribution in [0, 0.1) is 11.3 Å². The van der Waals surface area contributed by atoms with Crippen LogP contribution in [0.3, 0.4) is 0 Å². The summed E-state index contributed by atoms with van der Waals surface area (Å²) in [4.78, 5) is 0. The zero-order valence-corrected chi connectivity index (χ0v) is 10.8. The fourth-order valence-electron chi connectivity index (χ4n) is 4.92. The second-order valence-electron chi connectivity index (χ2n) is 6.98. The van der Waals surface area contributed by atoms with Gasteiger partial charge in [-0.15, -0.1) is 0 Å². The van der Waals surface area contributed by atoms with E-state index in [9.17, 15) is 10.2 Å². The zero-order valence-electron chi connectivity index (χ0n) is 10.8. The Hall–Kier alpha value is -0.0800. The fraction of sp³-hybridized carbons (Fsp3) is 1.00. The van der Waals surface area contributed by atoms with E-state index < -0.39 is 0 Å². The van der Waals surface area contributed by atoms with Gasteiger partial charge in [0.1, 0.15) is 0 Å². The van der Waals surface area contributed by atoms with Crippen LogP contribution in [0.2, 0.25) is 0 Å². The third-order valence-corrected chi connectivity index (χ3v) is 5.91. The molecule has 3 rings (SSSR count). The summed E-state index contributed by atoms with van der Waals surface area (Å²) in [6.45, 7) is 0. The maximum absolute atomic E-state index is 10.5. The monoisotopic (exact) mass is 238 g/mol. The molecule has 3 atom stereocenters. The highest BCUT2D eigenvalue weighted by Crippen LogP contribution is 2.57. The molecule has 3 fully saturated rings. The molecule has 3 aliphatic carbocycles. The maximum Gasteiger partial charge on any atom is 0.0648 e. The second-order valence-corrected chi connectivity index (χ2v) is 6.98. The Balaban J connectivity index is 1.63. The van der Waals surface area contributed by atoms with Crippen molar-refractivity contribution in [2.45, 2.75) is 82.3 Å². The first-order valence-corrected chi connectivity index (χ1v) is 7.52. The topological polar surface area (TPSA) is 40.5 Å². The first kappa shape index (κ1) is 12.0. The van der Waals surface area contributed by atoms with Crippen molar-refractivity contribution in [1.29, 1.82) is 0 Å². The molecular formula is C15H26O2. The van der Waals surface area contributed by atoms with Gasteiger partial charge in [-0.05, 0) is 62.7 Å². The summed E-state index contributed by atoms with van der Waals surface area (Å²) < 4.78 is 0. The van der Waals surface area contributed by atoms with Crippen molar-refractivity contribution in [3.63, 3.8) is 0 Å². The normalized spacial score (nSPS) is 44.1. The second kappa shape index (κ2) is 4.24. The lowest BCUT2D eigenvalue weighted by Crippen LogP contribution is -2.29. The summed E-state index contributed by atoms with van der Waals surface area (Å²) in [6, 6.07) is 0. The SMILES string of the molecule is OC1CC2CCCC2(CCC2(O)CCCC2)C1. The van der Waals surface area contributed by atoms with Gasteiger partial charge in [-0.3, -0.25) is 0 Å². The van der Waals surface area contributed by atoms with Gasteiger partial charge in [0, 0.05) is 0 Å². The molecule has 0 amide bonds. The van der Waals surface area contributed by atoms with E-state index in [-0.39, 0.29) is 11.7 Å². The molecule has 3 aliphatic rings. The predicted molar refractivity (Wildman–Crippen MR) is 67.7 cm³/mol. The Morgan fingerprint density at radius 1 is 1.00 bits per heavy atom. The Morgan fingerprint density at radius 2 is 1.76 bits per heavy atom. The van der Waals surface area contributed by atoms with Crippen molar-refractivity contribution in [1.82, 2.24) is 0 Å². The van der Waals surface area contributed by atoms with Gasteiger partial charge < -0.3 is 10.2 Å². The van der Waals surface area contributed by atoms with Crippen LogP contribution in [0.25, 0.3) is 0 Å². The summed E-state index contributed by atoms with van der Waals surface area (Å²) in [7, 11) is 0. The fourth-order valence-corrected chi connectivity index (χ4v) is 4.92. The van der Waals surface area contributed by atoms with E-state index >= 15 is 0 Å². The lowest BCUT2D eigenvalue weighted by Gasteiger charge is -2.33. The molecule has 0 aromatic carbocycles. The molecule has 0 heterocycles. The average molecular weight is 238 g/mol. The van der Waals surface area contributed by atoms with Gasteiger partial charge >= 0.3 is 0 Å². The quantitative estimate of drug-likeness (QED) is 0.793. The van der Waals surface area contributed by atoms with E-state index in [1.165, 1.54) is 32.1 Å². The Bertz CT molecular complexity index is 283. The van der Waals surface area contributed by atoms with Gasteiger partial charge in [0.05, 0.1) is 11.7 Å². The number of aliphatic hydroxyl groups excluding tert-OH is 1. The minimum atomic E-state index is -0.352. The molecule has 0 aliphatic heterocycles. The van der Waals surface area contributed by atoms with E-state index in [1.807, 2.05) is 0 Å². The minimum absolute atomic E-state index is 0.0569. The molecule has 2 nitrogen and oxygen atoms in total. The number of hydrogen-bond donors (Lipinski definition) is 2. The van der Waals surface area contributed by atoms with Gasteiger partial charge in [0.15, 0.2) is 0 Å². The summed E-state index contributed by atoms with van der Waals surface area (Å²) in [6.07, 6.45) is 12.5. The van der Waals surface area contributed by atoms with Crippen LogP contribution in [0.5, 0.6) is 0 Å². The highest BCUT2D eigenvalue weighted by Gasteiger charge is 2.50. The number of fused-ring (bicyclic) bond motifs is 1. The van der Waals surface area contributed by atoms with Gasteiger partial charge in [-0.1, -0.05) is 19.3 Å². The summed E-state index contributed by atoms with van der Waals surface area (Å²) in [5.74, 6) is 0.752. The highest BCUT2D eigenvalue weighted by molar-refractivity contribution is 5.01. The molecule has 0 bridgehead atoms. The molecule has 17 heavy (non-hydrogen) atoms. The van der Waals surface area contributed by atoms with Crippen LogP contribution in [-0.2, 0) is 0 Å². The third kappa shape index (κ3) is 2.15. The van der Waals surface area contributed by atoms with E-state index in [4.69, 9.17) is 0 Å². The van der Waals surface area contributed by atoms with Gasteiger partial charge in [-0.2, -0.15) is 0 Å². The number of hydrogen-bond acceptors (Lipinski definition) is 2. The molecule has 3 saturated carbocycles. The first-order valence-electron chi connectivity index (χ1n) is 7.52. The Labute approximate surface area is 104 Å². The number of aliphatic hydroxyl groups is 2. The van der Waals surface area contributed by atoms with E-state index in [2.05, 4.69) is 0 Å². The Morgan fingerprint density at radius 3 is 2.53 bits per heavy atom. The summed E-state index contributed by atoms with van der Waals surface area (Å²) in [5.41, 5.74) is 0.0488. The van der Waals surface area contributed by atoms with E-state index in [0.29, 0.717) is 5.41 Å². The molecule has 0 aromatic rings. The van der Waals surface area contributed by atoms with Crippen molar-refractivity contribution >= 4 is 0 Å². The molecular weight excluding hydrogens is 212 g/mol. The van der Waals surface area contributed by atoms with Crippen LogP contribution >= 0.6 is 0 Å². The average Bonchev–Trinajstić information content (AvgIpc) is 2.90. The van der Waals surface area contributed by atoms with Gasteiger partial charge in [0.2, 0.25) is 0 Å². The molecule has 0 spiro atoms. The van der Waals surface area contributed by atoms with Crippen LogP contribution in [0.15, 0.2) is 0 Å². The molecule has 2 N–H and O–H groups in total. The maximum atomic E-state index is 10.5. The lowest BCUT2D eigenvalue weighted by atomic mass is 9.74. The Kier molecular flexibility index (Phi) is 2.99. The summed E-state index contributed by atoms with van der Waals surface area (Å²) >= 11 is 0. The van der Waals surface area contributed by atoms with Crippen LogP contribution in [0.4, 0.5) is 0 Å². The van der Waals surface area contributed by atoms with Gasteiger partial charge in [-0.25, -0.2) is 0 Å². The molecule has 98 valence electrons. The van der Waals surface area contributed by atoms with Crippen molar-refractivity contribution in [2.24, 2.45) is 11.3 Å². The minimum Gasteiger partial charge on any atom is -0.393 e. The largest absolute Gasteiger partial charge is 0.393 e.